The van der Waals surface area contributed by atoms with Gasteiger partial charge in [-0.25, -0.2) is 8.42 Å². The predicted molar refractivity (Wildman–Crippen MR) is 75.9 cm³/mol. The lowest BCUT2D eigenvalue weighted by molar-refractivity contribution is -0.145. The number of hydrogen-bond acceptors (Lipinski definition) is 6. The molecule has 1 aliphatic rings. The predicted octanol–water partition coefficient (Wildman–Crippen LogP) is 0.541. The molecule has 2 atom stereocenters. The lowest BCUT2D eigenvalue weighted by Gasteiger charge is -2.29. The van der Waals surface area contributed by atoms with Gasteiger partial charge in [0.15, 0.2) is 0 Å². The monoisotopic (exact) mass is 321 g/mol. The smallest absolute Gasteiger partial charge is 0.321 e. The van der Waals surface area contributed by atoms with E-state index in [2.05, 4.69) is 9.47 Å². The maximum absolute atomic E-state index is 12.8. The Kier molecular flexibility index (Phi) is 6.15. The molecule has 0 aliphatic heterocycles. The molecule has 0 aromatic heterocycles. The molecule has 0 radical (unpaired) electrons. The normalized spacial score (nSPS) is 22.6. The third kappa shape index (κ3) is 3.94. The molecule has 0 saturated heterocycles. The molecule has 0 aromatic rings. The van der Waals surface area contributed by atoms with Crippen molar-refractivity contribution in [2.24, 2.45) is 5.92 Å². The zero-order valence-electron chi connectivity index (χ0n) is 12.9. The highest BCUT2D eigenvalue weighted by Crippen LogP contribution is 2.34. The molecule has 21 heavy (non-hydrogen) atoms. The summed E-state index contributed by atoms with van der Waals surface area (Å²) < 4.78 is 35.9. The fraction of sp³-hybridized carbons (Fsp3) is 0.846. The van der Waals surface area contributed by atoms with Gasteiger partial charge in [0, 0.05) is 6.04 Å². The molecular formula is C13H23NO6S. The van der Waals surface area contributed by atoms with Crippen LogP contribution in [0, 0.1) is 5.92 Å². The van der Waals surface area contributed by atoms with E-state index in [0.717, 1.165) is 4.31 Å². The first-order chi connectivity index (χ1) is 9.75. The van der Waals surface area contributed by atoms with Crippen molar-refractivity contribution < 1.29 is 27.5 Å². The molecule has 0 aromatic carbocycles. The number of sulfonamides is 1. The Balaban J connectivity index is 3.05. The van der Waals surface area contributed by atoms with Gasteiger partial charge in [0.05, 0.1) is 25.4 Å². The Morgan fingerprint density at radius 3 is 2.29 bits per heavy atom. The molecule has 2 unspecified atom stereocenters. The Labute approximate surface area is 125 Å². The number of carbonyl (C=O) groups excluding carboxylic acids is 2. The SMILES string of the molecule is COC(=O)CN(C(C)C)S(=O)(=O)C1CCCC1C(=O)OC. The van der Waals surface area contributed by atoms with Crippen molar-refractivity contribution in [1.82, 2.24) is 4.31 Å². The summed E-state index contributed by atoms with van der Waals surface area (Å²) in [5, 5.41) is -0.836. The van der Waals surface area contributed by atoms with E-state index in [0.29, 0.717) is 19.3 Å². The molecule has 1 aliphatic carbocycles. The van der Waals surface area contributed by atoms with Gasteiger partial charge in [-0.1, -0.05) is 6.42 Å². The molecular weight excluding hydrogens is 298 g/mol. The summed E-state index contributed by atoms with van der Waals surface area (Å²) in [6.07, 6.45) is 1.53. The minimum Gasteiger partial charge on any atom is -0.469 e. The van der Waals surface area contributed by atoms with Crippen LogP contribution in [0.3, 0.4) is 0 Å². The molecule has 7 nitrogen and oxygen atoms in total. The Morgan fingerprint density at radius 1 is 1.19 bits per heavy atom. The van der Waals surface area contributed by atoms with E-state index in [1.165, 1.54) is 14.2 Å². The minimum absolute atomic E-state index is 0.346. The van der Waals surface area contributed by atoms with Gasteiger partial charge in [0.25, 0.3) is 0 Å². The maximum Gasteiger partial charge on any atom is 0.321 e. The molecule has 0 spiro atoms. The molecule has 0 N–H and O–H groups in total. The van der Waals surface area contributed by atoms with Crippen LogP contribution in [0.1, 0.15) is 33.1 Å². The molecule has 122 valence electrons. The Hall–Kier alpha value is -1.15. The third-order valence-electron chi connectivity index (χ3n) is 3.75. The van der Waals surface area contributed by atoms with E-state index in [1.807, 2.05) is 0 Å². The standard InChI is InChI=1S/C13H23NO6S/c1-9(2)14(8-12(15)19-3)21(17,18)11-7-5-6-10(11)13(16)20-4/h9-11H,5-8H2,1-4H3. The maximum atomic E-state index is 12.8. The average molecular weight is 321 g/mol. The van der Waals surface area contributed by atoms with Gasteiger partial charge in [0.1, 0.15) is 6.54 Å². The van der Waals surface area contributed by atoms with Crippen LogP contribution in [0.4, 0.5) is 0 Å². The van der Waals surface area contributed by atoms with Crippen LogP contribution in [0.25, 0.3) is 0 Å². The Bertz CT molecular complexity index is 479. The van der Waals surface area contributed by atoms with E-state index in [1.54, 1.807) is 13.8 Å². The van der Waals surface area contributed by atoms with E-state index >= 15 is 0 Å². The molecule has 0 heterocycles. The highest BCUT2D eigenvalue weighted by Gasteiger charge is 2.45. The van der Waals surface area contributed by atoms with Gasteiger partial charge in [-0.2, -0.15) is 4.31 Å². The largest absolute Gasteiger partial charge is 0.469 e. The first-order valence-corrected chi connectivity index (χ1v) is 8.41. The Morgan fingerprint density at radius 2 is 1.81 bits per heavy atom. The number of rotatable bonds is 6. The number of esters is 2. The molecule has 1 fully saturated rings. The number of nitrogens with zero attached hydrogens (tertiary/aromatic N) is 1. The lowest BCUT2D eigenvalue weighted by Crippen LogP contribution is -2.47. The van der Waals surface area contributed by atoms with Crippen LogP contribution < -0.4 is 0 Å². The molecule has 1 rings (SSSR count). The first-order valence-electron chi connectivity index (χ1n) is 6.91. The van der Waals surface area contributed by atoms with E-state index in [4.69, 9.17) is 0 Å². The second kappa shape index (κ2) is 7.22. The second-order valence-corrected chi connectivity index (χ2v) is 7.46. The van der Waals surface area contributed by atoms with Gasteiger partial charge < -0.3 is 9.47 Å². The quantitative estimate of drug-likeness (QED) is 0.663. The second-order valence-electron chi connectivity index (χ2n) is 5.36. The highest BCUT2D eigenvalue weighted by atomic mass is 32.2. The van der Waals surface area contributed by atoms with Gasteiger partial charge in [-0.15, -0.1) is 0 Å². The van der Waals surface area contributed by atoms with Crippen molar-refractivity contribution in [2.75, 3.05) is 20.8 Å². The summed E-state index contributed by atoms with van der Waals surface area (Å²) in [6, 6.07) is -0.395. The van der Waals surface area contributed by atoms with Crippen molar-refractivity contribution in [3.8, 4) is 0 Å². The molecule has 1 saturated carbocycles. The average Bonchev–Trinajstić information content (AvgIpc) is 2.93. The molecule has 0 bridgehead atoms. The summed E-state index contributed by atoms with van der Waals surface area (Å²) in [5.41, 5.74) is 0. The zero-order chi connectivity index (χ0) is 16.2. The van der Waals surface area contributed by atoms with E-state index < -0.39 is 39.2 Å². The van der Waals surface area contributed by atoms with Gasteiger partial charge in [-0.05, 0) is 26.7 Å². The first kappa shape index (κ1) is 17.9. The van der Waals surface area contributed by atoms with E-state index in [-0.39, 0.29) is 6.54 Å². The molecule has 8 heteroatoms. The summed E-state index contributed by atoms with van der Waals surface area (Å²) in [5.74, 6) is -1.80. The van der Waals surface area contributed by atoms with Crippen molar-refractivity contribution in [3.63, 3.8) is 0 Å². The third-order valence-corrected chi connectivity index (χ3v) is 6.29. The summed E-state index contributed by atoms with van der Waals surface area (Å²) >= 11 is 0. The zero-order valence-corrected chi connectivity index (χ0v) is 13.7. The van der Waals surface area contributed by atoms with Crippen LogP contribution >= 0.6 is 0 Å². The summed E-state index contributed by atoms with van der Waals surface area (Å²) in [7, 11) is -1.32. The topological polar surface area (TPSA) is 90.0 Å². The van der Waals surface area contributed by atoms with Crippen molar-refractivity contribution in [1.29, 1.82) is 0 Å². The fourth-order valence-corrected chi connectivity index (χ4v) is 4.98. The highest BCUT2D eigenvalue weighted by molar-refractivity contribution is 7.89. The van der Waals surface area contributed by atoms with Crippen LogP contribution in [0.2, 0.25) is 0 Å². The van der Waals surface area contributed by atoms with Gasteiger partial charge in [0.2, 0.25) is 10.0 Å². The van der Waals surface area contributed by atoms with Gasteiger partial charge in [-0.3, -0.25) is 9.59 Å². The minimum atomic E-state index is -3.78. The number of hydrogen-bond donors (Lipinski definition) is 0. The van der Waals surface area contributed by atoms with E-state index in [9.17, 15) is 18.0 Å². The van der Waals surface area contributed by atoms with Gasteiger partial charge >= 0.3 is 11.9 Å². The van der Waals surface area contributed by atoms with Crippen LogP contribution in [-0.2, 0) is 29.1 Å². The van der Waals surface area contributed by atoms with Crippen molar-refractivity contribution in [3.05, 3.63) is 0 Å². The van der Waals surface area contributed by atoms with Crippen LogP contribution in [-0.4, -0.2) is 56.7 Å². The van der Waals surface area contributed by atoms with Crippen molar-refractivity contribution >= 4 is 22.0 Å². The summed E-state index contributed by atoms with van der Waals surface area (Å²) in [6.45, 7) is 3.02. The van der Waals surface area contributed by atoms with Crippen LogP contribution in [0.15, 0.2) is 0 Å². The number of methoxy groups -OCH3 is 2. The van der Waals surface area contributed by atoms with Crippen molar-refractivity contribution in [2.45, 2.75) is 44.4 Å². The van der Waals surface area contributed by atoms with Crippen LogP contribution in [0.5, 0.6) is 0 Å². The number of ether oxygens (including phenoxy) is 2. The fourth-order valence-electron chi connectivity index (χ4n) is 2.64. The molecule has 0 amide bonds. The lowest BCUT2D eigenvalue weighted by atomic mass is 10.1. The summed E-state index contributed by atoms with van der Waals surface area (Å²) in [4.78, 5) is 23.2. The number of carbonyl (C=O) groups is 2.